The number of thioether (sulfide) groups is 1. The quantitative estimate of drug-likeness (QED) is 0.714. The second kappa shape index (κ2) is 4.31. The van der Waals surface area contributed by atoms with Gasteiger partial charge in [0.1, 0.15) is 5.84 Å². The molecule has 94 valence electrons. The van der Waals surface area contributed by atoms with Crippen molar-refractivity contribution in [2.75, 3.05) is 25.7 Å². The lowest BCUT2D eigenvalue weighted by molar-refractivity contribution is 0.0779. The van der Waals surface area contributed by atoms with Gasteiger partial charge in [-0.3, -0.25) is 4.79 Å². The number of aliphatic imine (C=N–C) groups is 1. The predicted octanol–water partition coefficient (Wildman–Crippen LogP) is 1.81. The summed E-state index contributed by atoms with van der Waals surface area (Å²) in [5.41, 5.74) is 1.49. The van der Waals surface area contributed by atoms with Gasteiger partial charge in [0, 0.05) is 19.8 Å². The number of carbonyl (C=O) groups is 1. The Morgan fingerprint density at radius 3 is 2.94 bits per heavy atom. The number of amidine groups is 1. The molecule has 0 saturated carbocycles. The van der Waals surface area contributed by atoms with E-state index in [0.717, 1.165) is 23.2 Å². The first-order chi connectivity index (χ1) is 8.68. The monoisotopic (exact) mass is 261 g/mol. The summed E-state index contributed by atoms with van der Waals surface area (Å²) < 4.78 is 0. The number of benzene rings is 1. The molecule has 0 aliphatic carbocycles. The molecule has 4 nitrogen and oxygen atoms in total. The van der Waals surface area contributed by atoms with Crippen molar-refractivity contribution < 1.29 is 4.79 Å². The summed E-state index contributed by atoms with van der Waals surface area (Å²) >= 11 is 1.79. The fraction of sp³-hybridized carbons (Fsp3) is 0.385. The van der Waals surface area contributed by atoms with Gasteiger partial charge in [-0.05, 0) is 12.1 Å². The molecule has 1 fully saturated rings. The molecule has 1 saturated heterocycles. The van der Waals surface area contributed by atoms with Gasteiger partial charge in [-0.25, -0.2) is 4.99 Å². The molecule has 2 heterocycles. The summed E-state index contributed by atoms with van der Waals surface area (Å²) in [7, 11) is 3.97. The third-order valence-electron chi connectivity index (χ3n) is 3.27. The molecule has 0 radical (unpaired) electrons. The molecule has 2 aliphatic rings. The van der Waals surface area contributed by atoms with E-state index in [1.165, 1.54) is 0 Å². The molecule has 18 heavy (non-hydrogen) atoms. The standard InChI is InChI=1S/C13H15N3OS/c1-15(2)12-11-7-18-8-16(11)13(17)9-5-3-4-6-10(9)14-12/h3-6,11H,7-8H2,1-2H3. The van der Waals surface area contributed by atoms with Crippen molar-refractivity contribution in [2.45, 2.75) is 6.04 Å². The van der Waals surface area contributed by atoms with Gasteiger partial charge in [-0.15, -0.1) is 11.8 Å². The highest BCUT2D eigenvalue weighted by molar-refractivity contribution is 7.99. The van der Waals surface area contributed by atoms with Gasteiger partial charge in [0.15, 0.2) is 0 Å². The van der Waals surface area contributed by atoms with Crippen LogP contribution < -0.4 is 0 Å². The molecule has 1 amide bonds. The number of fused-ring (bicyclic) bond motifs is 2. The van der Waals surface area contributed by atoms with Crippen LogP contribution in [-0.2, 0) is 0 Å². The van der Waals surface area contributed by atoms with Gasteiger partial charge in [-0.1, -0.05) is 12.1 Å². The summed E-state index contributed by atoms with van der Waals surface area (Å²) in [6.45, 7) is 0. The Kier molecular flexibility index (Phi) is 2.78. The highest BCUT2D eigenvalue weighted by atomic mass is 32.2. The van der Waals surface area contributed by atoms with E-state index >= 15 is 0 Å². The van der Waals surface area contributed by atoms with Crippen molar-refractivity contribution in [3.8, 4) is 0 Å². The molecule has 5 heteroatoms. The van der Waals surface area contributed by atoms with E-state index in [4.69, 9.17) is 4.99 Å². The van der Waals surface area contributed by atoms with E-state index in [9.17, 15) is 4.79 Å². The Morgan fingerprint density at radius 1 is 1.39 bits per heavy atom. The summed E-state index contributed by atoms with van der Waals surface area (Å²) in [4.78, 5) is 21.1. The molecule has 1 aromatic rings. The van der Waals surface area contributed by atoms with Crippen LogP contribution in [0.3, 0.4) is 0 Å². The number of hydrogen-bond acceptors (Lipinski definition) is 4. The summed E-state index contributed by atoms with van der Waals surface area (Å²) in [5.74, 6) is 2.75. The van der Waals surface area contributed by atoms with Crippen molar-refractivity contribution >= 4 is 29.2 Å². The first-order valence-electron chi connectivity index (χ1n) is 5.92. The lowest BCUT2D eigenvalue weighted by Gasteiger charge is -2.26. The highest BCUT2D eigenvalue weighted by Crippen LogP contribution is 2.32. The van der Waals surface area contributed by atoms with Gasteiger partial charge in [0.2, 0.25) is 0 Å². The van der Waals surface area contributed by atoms with Crippen molar-refractivity contribution in [1.29, 1.82) is 0 Å². The zero-order valence-electron chi connectivity index (χ0n) is 10.5. The Bertz CT molecular complexity index is 527. The molecule has 1 aromatic carbocycles. The number of para-hydroxylation sites is 1. The van der Waals surface area contributed by atoms with Gasteiger partial charge in [0.05, 0.1) is 23.2 Å². The van der Waals surface area contributed by atoms with Crippen LogP contribution in [0.25, 0.3) is 0 Å². The second-order valence-corrected chi connectivity index (χ2v) is 5.67. The molecule has 2 aliphatic heterocycles. The minimum absolute atomic E-state index is 0.0983. The second-order valence-electron chi connectivity index (χ2n) is 4.67. The number of amides is 1. The van der Waals surface area contributed by atoms with Crippen LogP contribution in [0.5, 0.6) is 0 Å². The third-order valence-corrected chi connectivity index (χ3v) is 4.28. The lowest BCUT2D eigenvalue weighted by atomic mass is 10.1. The Morgan fingerprint density at radius 2 is 2.17 bits per heavy atom. The SMILES string of the molecule is CN(C)C1=Nc2ccccc2C(=O)N2CSCC12. The maximum Gasteiger partial charge on any atom is 0.257 e. The van der Waals surface area contributed by atoms with Crippen LogP contribution in [0.4, 0.5) is 5.69 Å². The lowest BCUT2D eigenvalue weighted by Crippen LogP contribution is -2.45. The van der Waals surface area contributed by atoms with Crippen molar-refractivity contribution in [3.05, 3.63) is 29.8 Å². The minimum Gasteiger partial charge on any atom is -0.364 e. The molecule has 0 aromatic heterocycles. The number of hydrogen-bond donors (Lipinski definition) is 0. The van der Waals surface area contributed by atoms with Crippen LogP contribution in [0.2, 0.25) is 0 Å². The zero-order chi connectivity index (χ0) is 12.7. The number of rotatable bonds is 0. The molecular weight excluding hydrogens is 246 g/mol. The number of carbonyl (C=O) groups excluding carboxylic acids is 1. The molecule has 1 unspecified atom stereocenters. The van der Waals surface area contributed by atoms with Crippen molar-refractivity contribution in [2.24, 2.45) is 4.99 Å². The van der Waals surface area contributed by atoms with Gasteiger partial charge in [0.25, 0.3) is 5.91 Å². The van der Waals surface area contributed by atoms with E-state index in [-0.39, 0.29) is 11.9 Å². The highest BCUT2D eigenvalue weighted by Gasteiger charge is 2.37. The fourth-order valence-electron chi connectivity index (χ4n) is 2.36. The summed E-state index contributed by atoms with van der Waals surface area (Å²) in [6, 6.07) is 7.69. The molecule has 1 atom stereocenters. The minimum atomic E-state index is 0.0983. The number of nitrogens with zero attached hydrogens (tertiary/aromatic N) is 3. The molecule has 0 bridgehead atoms. The Balaban J connectivity index is 2.17. The normalized spacial score (nSPS) is 22.1. The largest absolute Gasteiger partial charge is 0.364 e. The fourth-order valence-corrected chi connectivity index (χ4v) is 3.51. The maximum absolute atomic E-state index is 12.5. The van der Waals surface area contributed by atoms with Gasteiger partial charge < -0.3 is 9.80 Å². The van der Waals surface area contributed by atoms with Crippen LogP contribution >= 0.6 is 11.8 Å². The van der Waals surface area contributed by atoms with Crippen molar-refractivity contribution in [3.63, 3.8) is 0 Å². The number of likely N-dealkylation sites (N-methyl/N-ethyl adjacent to an activating group) is 1. The molecular formula is C13H15N3OS. The average molecular weight is 261 g/mol. The van der Waals surface area contributed by atoms with E-state index in [1.54, 1.807) is 11.8 Å². The summed E-state index contributed by atoms with van der Waals surface area (Å²) in [6.07, 6.45) is 0. The van der Waals surface area contributed by atoms with Crippen LogP contribution in [-0.4, -0.2) is 53.3 Å². The van der Waals surface area contributed by atoms with Crippen LogP contribution in [0, 0.1) is 0 Å². The molecule has 3 rings (SSSR count). The Hall–Kier alpha value is -1.49. The van der Waals surface area contributed by atoms with E-state index < -0.39 is 0 Å². The molecule has 0 spiro atoms. The average Bonchev–Trinajstić information content (AvgIpc) is 2.80. The third kappa shape index (κ3) is 1.70. The van der Waals surface area contributed by atoms with E-state index in [0.29, 0.717) is 5.56 Å². The summed E-state index contributed by atoms with van der Waals surface area (Å²) in [5, 5.41) is 0. The predicted molar refractivity (Wildman–Crippen MR) is 74.5 cm³/mol. The first kappa shape index (κ1) is 11.6. The van der Waals surface area contributed by atoms with E-state index in [2.05, 4.69) is 0 Å². The van der Waals surface area contributed by atoms with Crippen molar-refractivity contribution in [1.82, 2.24) is 9.80 Å². The topological polar surface area (TPSA) is 35.9 Å². The van der Waals surface area contributed by atoms with Crippen LogP contribution in [0.1, 0.15) is 10.4 Å². The molecule has 0 N–H and O–H groups in total. The zero-order valence-corrected chi connectivity index (χ0v) is 11.3. The Labute approximate surface area is 111 Å². The first-order valence-corrected chi connectivity index (χ1v) is 7.07. The van der Waals surface area contributed by atoms with Gasteiger partial charge >= 0.3 is 0 Å². The maximum atomic E-state index is 12.5. The van der Waals surface area contributed by atoms with E-state index in [1.807, 2.05) is 48.2 Å². The van der Waals surface area contributed by atoms with Crippen LogP contribution in [0.15, 0.2) is 29.3 Å². The smallest absolute Gasteiger partial charge is 0.257 e. The van der Waals surface area contributed by atoms with Gasteiger partial charge in [-0.2, -0.15) is 0 Å².